The molecule has 0 radical (unpaired) electrons. The highest BCUT2D eigenvalue weighted by Crippen LogP contribution is 2.36. The summed E-state index contributed by atoms with van der Waals surface area (Å²) in [6, 6.07) is 10.1. The minimum Gasteiger partial charge on any atom is -0.454 e. The lowest BCUT2D eigenvalue weighted by Crippen LogP contribution is -2.36. The van der Waals surface area contributed by atoms with E-state index >= 15 is 0 Å². The zero-order valence-electron chi connectivity index (χ0n) is 14.6. The lowest BCUT2D eigenvalue weighted by atomic mass is 10.2. The smallest absolute Gasteiger partial charge is 0.294 e. The fourth-order valence-electron chi connectivity index (χ4n) is 2.71. The standard InChI is InChI=1S/C19H12BrClN2O5S/c20-12-3-2-11(7-13(12)21)22-17(24)8-23-18(25)16(29-19(23)26)6-10-1-4-14-15(5-10)28-9-27-14/h1-7H,8-9H2,(H,22,24)/b16-6+. The van der Waals surface area contributed by atoms with Gasteiger partial charge >= 0.3 is 0 Å². The predicted molar refractivity (Wildman–Crippen MR) is 113 cm³/mol. The quantitative estimate of drug-likeness (QED) is 0.629. The molecular weight excluding hydrogens is 484 g/mol. The van der Waals surface area contributed by atoms with Crippen molar-refractivity contribution in [2.24, 2.45) is 0 Å². The fraction of sp³-hybridized carbons (Fsp3) is 0.105. The van der Waals surface area contributed by atoms with E-state index in [-0.39, 0.29) is 11.7 Å². The molecule has 1 saturated heterocycles. The van der Waals surface area contributed by atoms with Crippen LogP contribution < -0.4 is 14.8 Å². The number of hydrogen-bond acceptors (Lipinski definition) is 6. The second-order valence-corrected chi connectivity index (χ2v) is 8.31. The predicted octanol–water partition coefficient (Wildman–Crippen LogP) is 4.51. The molecule has 2 aliphatic rings. The SMILES string of the molecule is O=C(CN1C(=O)S/C(=C/c2ccc3c(c2)OCO3)C1=O)Nc1ccc(Br)c(Cl)c1. The third-order valence-corrected chi connectivity index (χ3v) is 6.21. The molecule has 2 aliphatic heterocycles. The van der Waals surface area contributed by atoms with Gasteiger partial charge in [-0.3, -0.25) is 19.3 Å². The molecule has 2 aromatic rings. The van der Waals surface area contributed by atoms with Crippen molar-refractivity contribution in [2.45, 2.75) is 0 Å². The van der Waals surface area contributed by atoms with Crippen molar-refractivity contribution in [2.75, 3.05) is 18.7 Å². The lowest BCUT2D eigenvalue weighted by molar-refractivity contribution is -0.127. The molecule has 0 unspecified atom stereocenters. The molecule has 4 rings (SSSR count). The summed E-state index contributed by atoms with van der Waals surface area (Å²) >= 11 is 10.0. The largest absolute Gasteiger partial charge is 0.454 e. The van der Waals surface area contributed by atoms with Crippen LogP contribution in [0.2, 0.25) is 5.02 Å². The highest BCUT2D eigenvalue weighted by Gasteiger charge is 2.36. The number of ether oxygens (including phenoxy) is 2. The van der Waals surface area contributed by atoms with Crippen LogP contribution in [0.15, 0.2) is 45.8 Å². The molecule has 1 fully saturated rings. The number of thioether (sulfide) groups is 1. The van der Waals surface area contributed by atoms with Crippen molar-refractivity contribution in [3.63, 3.8) is 0 Å². The molecule has 0 spiro atoms. The normalized spacial score (nSPS) is 16.6. The molecule has 2 heterocycles. The Bertz CT molecular complexity index is 1070. The van der Waals surface area contributed by atoms with Crippen LogP contribution in [0.25, 0.3) is 6.08 Å². The van der Waals surface area contributed by atoms with Crippen molar-refractivity contribution in [3.05, 3.63) is 56.4 Å². The van der Waals surface area contributed by atoms with E-state index in [0.717, 1.165) is 16.7 Å². The topological polar surface area (TPSA) is 84.9 Å². The molecule has 10 heteroatoms. The number of carbonyl (C=O) groups excluding carboxylic acids is 3. The van der Waals surface area contributed by atoms with Gasteiger partial charge in [0, 0.05) is 10.2 Å². The minimum atomic E-state index is -0.526. The van der Waals surface area contributed by atoms with E-state index in [2.05, 4.69) is 21.2 Å². The summed E-state index contributed by atoms with van der Waals surface area (Å²) in [6.45, 7) is -0.245. The summed E-state index contributed by atoms with van der Waals surface area (Å²) in [5.74, 6) is 0.169. The zero-order chi connectivity index (χ0) is 20.5. The summed E-state index contributed by atoms with van der Waals surface area (Å²) in [5.41, 5.74) is 1.15. The Labute approximate surface area is 183 Å². The maximum absolute atomic E-state index is 12.6. The molecule has 0 aromatic heterocycles. The first-order chi connectivity index (χ1) is 13.9. The maximum atomic E-state index is 12.6. The number of hydrogen-bond donors (Lipinski definition) is 1. The first-order valence-electron chi connectivity index (χ1n) is 8.30. The zero-order valence-corrected chi connectivity index (χ0v) is 17.8. The number of nitrogens with zero attached hydrogens (tertiary/aromatic N) is 1. The number of benzene rings is 2. The average molecular weight is 496 g/mol. The Hall–Kier alpha value is -2.49. The number of amides is 3. The highest BCUT2D eigenvalue weighted by atomic mass is 79.9. The minimum absolute atomic E-state index is 0.147. The number of halogens is 2. The van der Waals surface area contributed by atoms with Crippen molar-refractivity contribution in [1.82, 2.24) is 4.90 Å². The van der Waals surface area contributed by atoms with Crippen LogP contribution in [0.3, 0.4) is 0 Å². The van der Waals surface area contributed by atoms with E-state index in [1.54, 1.807) is 42.5 Å². The van der Waals surface area contributed by atoms with Crippen molar-refractivity contribution >= 4 is 68.1 Å². The first kappa shape index (κ1) is 19.8. The molecule has 0 bridgehead atoms. The Balaban J connectivity index is 1.45. The van der Waals surface area contributed by atoms with Crippen LogP contribution in [-0.2, 0) is 9.59 Å². The Kier molecular flexibility index (Phi) is 5.53. The number of imide groups is 1. The van der Waals surface area contributed by atoms with Gasteiger partial charge in [-0.05, 0) is 69.7 Å². The second-order valence-electron chi connectivity index (χ2n) is 6.06. The molecule has 0 saturated carbocycles. The van der Waals surface area contributed by atoms with Crippen molar-refractivity contribution < 1.29 is 23.9 Å². The Morgan fingerprint density at radius 2 is 2.00 bits per heavy atom. The third-order valence-electron chi connectivity index (χ3n) is 4.07. The van der Waals surface area contributed by atoms with Gasteiger partial charge in [0.05, 0.1) is 9.93 Å². The number of fused-ring (bicyclic) bond motifs is 1. The maximum Gasteiger partial charge on any atom is 0.294 e. The van der Waals surface area contributed by atoms with Gasteiger partial charge in [0.1, 0.15) is 6.54 Å². The lowest BCUT2D eigenvalue weighted by Gasteiger charge is -2.12. The second kappa shape index (κ2) is 8.10. The molecule has 0 atom stereocenters. The average Bonchev–Trinajstić information content (AvgIpc) is 3.24. The van der Waals surface area contributed by atoms with E-state index in [1.165, 1.54) is 0 Å². The summed E-state index contributed by atoms with van der Waals surface area (Å²) < 4.78 is 11.3. The van der Waals surface area contributed by atoms with E-state index in [1.807, 2.05) is 0 Å². The van der Waals surface area contributed by atoms with E-state index in [4.69, 9.17) is 21.1 Å². The van der Waals surface area contributed by atoms with Crippen LogP contribution in [0, 0.1) is 0 Å². The molecule has 2 aromatic carbocycles. The van der Waals surface area contributed by atoms with Gasteiger partial charge in [0.25, 0.3) is 11.1 Å². The first-order valence-corrected chi connectivity index (χ1v) is 10.3. The molecule has 3 amide bonds. The molecule has 1 N–H and O–H groups in total. The molecular formula is C19H12BrClN2O5S. The summed E-state index contributed by atoms with van der Waals surface area (Å²) in [7, 11) is 0. The van der Waals surface area contributed by atoms with Crippen molar-refractivity contribution in [3.8, 4) is 11.5 Å². The third kappa shape index (κ3) is 4.26. The van der Waals surface area contributed by atoms with Crippen LogP contribution in [-0.4, -0.2) is 35.3 Å². The van der Waals surface area contributed by atoms with Gasteiger partial charge in [-0.2, -0.15) is 0 Å². The van der Waals surface area contributed by atoms with Crippen LogP contribution in [0.4, 0.5) is 10.5 Å². The number of rotatable bonds is 4. The Morgan fingerprint density at radius 1 is 1.21 bits per heavy atom. The highest BCUT2D eigenvalue weighted by molar-refractivity contribution is 9.10. The van der Waals surface area contributed by atoms with Gasteiger partial charge in [-0.15, -0.1) is 0 Å². The summed E-state index contributed by atoms with van der Waals surface area (Å²) in [4.78, 5) is 38.2. The van der Waals surface area contributed by atoms with Crippen LogP contribution in [0.1, 0.15) is 5.56 Å². The van der Waals surface area contributed by atoms with Gasteiger partial charge < -0.3 is 14.8 Å². The monoisotopic (exact) mass is 494 g/mol. The van der Waals surface area contributed by atoms with Gasteiger partial charge in [0.2, 0.25) is 12.7 Å². The number of anilines is 1. The summed E-state index contributed by atoms with van der Waals surface area (Å²) in [6.07, 6.45) is 1.58. The molecule has 7 nitrogen and oxygen atoms in total. The molecule has 29 heavy (non-hydrogen) atoms. The number of carbonyl (C=O) groups is 3. The fourth-order valence-corrected chi connectivity index (χ4v) is 3.97. The van der Waals surface area contributed by atoms with Gasteiger partial charge in [-0.25, -0.2) is 0 Å². The molecule has 0 aliphatic carbocycles. The van der Waals surface area contributed by atoms with Gasteiger partial charge in [0.15, 0.2) is 11.5 Å². The number of nitrogens with one attached hydrogen (secondary N) is 1. The van der Waals surface area contributed by atoms with E-state index in [9.17, 15) is 14.4 Å². The molecule has 148 valence electrons. The Morgan fingerprint density at radius 3 is 2.79 bits per heavy atom. The van der Waals surface area contributed by atoms with Crippen LogP contribution in [0.5, 0.6) is 11.5 Å². The van der Waals surface area contributed by atoms with E-state index < -0.39 is 23.6 Å². The van der Waals surface area contributed by atoms with E-state index in [0.29, 0.717) is 32.2 Å². The summed E-state index contributed by atoms with van der Waals surface area (Å²) in [5, 5.41) is 2.54. The van der Waals surface area contributed by atoms with Crippen LogP contribution >= 0.6 is 39.3 Å². The van der Waals surface area contributed by atoms with Gasteiger partial charge in [-0.1, -0.05) is 17.7 Å². The van der Waals surface area contributed by atoms with Crippen molar-refractivity contribution in [1.29, 1.82) is 0 Å².